The van der Waals surface area contributed by atoms with Crippen molar-refractivity contribution in [1.82, 2.24) is 0 Å². The van der Waals surface area contributed by atoms with Crippen LogP contribution in [0.1, 0.15) is 348 Å². The zero-order valence-corrected chi connectivity index (χ0v) is 54.2. The minimum Gasteiger partial charge on any atom is -0.462 e. The summed E-state index contributed by atoms with van der Waals surface area (Å²) in [5, 5.41) is 0. The van der Waals surface area contributed by atoms with Gasteiger partial charge in [0.05, 0.1) is 0 Å². The zero-order valence-electron chi connectivity index (χ0n) is 54.2. The molecule has 0 radical (unpaired) electrons. The standard InChI is InChI=1S/C76H132O6/c1-4-7-10-13-16-19-22-24-26-28-30-32-33-34-35-36-37-38-39-40-41-42-43-45-46-48-50-52-54-57-60-63-66-69-75(78)81-72-73(71-80-74(77)68-65-62-59-56-21-18-15-12-9-6-3)82-76(79)70-67-64-61-58-55-53-51-49-47-44-31-29-27-25-23-20-17-14-11-8-5-2/h7,10,12,15-16,19,23-26,29-32,34-35,73H,4-6,8-9,11,13-14,17-18,20-22,27-28,33,36-72H2,1-3H3/b10-7-,15-12-,19-16-,25-23-,26-24-,31-29-,32-30-,35-34-. The highest BCUT2D eigenvalue weighted by molar-refractivity contribution is 5.71. The van der Waals surface area contributed by atoms with E-state index in [-0.39, 0.29) is 31.1 Å². The van der Waals surface area contributed by atoms with Crippen LogP contribution in [-0.4, -0.2) is 37.2 Å². The van der Waals surface area contributed by atoms with Gasteiger partial charge >= 0.3 is 17.9 Å². The van der Waals surface area contributed by atoms with Crippen LogP contribution in [0.25, 0.3) is 0 Å². The highest BCUT2D eigenvalue weighted by Gasteiger charge is 2.19. The van der Waals surface area contributed by atoms with Gasteiger partial charge in [-0.3, -0.25) is 14.4 Å². The summed E-state index contributed by atoms with van der Waals surface area (Å²) in [6.45, 7) is 6.48. The maximum atomic E-state index is 12.9. The number of unbranched alkanes of at least 4 members (excludes halogenated alkanes) is 37. The van der Waals surface area contributed by atoms with E-state index in [0.29, 0.717) is 19.3 Å². The van der Waals surface area contributed by atoms with Crippen LogP contribution >= 0.6 is 0 Å². The smallest absolute Gasteiger partial charge is 0.306 e. The van der Waals surface area contributed by atoms with E-state index in [1.807, 2.05) is 0 Å². The van der Waals surface area contributed by atoms with Gasteiger partial charge in [-0.05, 0) is 116 Å². The second kappa shape index (κ2) is 69.8. The SMILES string of the molecule is CC/C=C\C/C=C\C/C=C\C/C=C\C/C=C\CCCCCCCCCCCCCCCCCCCC(=O)OCC(COC(=O)CCCCCCC/C=C\CCC)OC(=O)CCCCCCCCCCC/C=C\C/C=C\CCCCCCC. The largest absolute Gasteiger partial charge is 0.462 e. The van der Waals surface area contributed by atoms with Gasteiger partial charge < -0.3 is 14.2 Å². The van der Waals surface area contributed by atoms with Crippen LogP contribution in [-0.2, 0) is 28.6 Å². The summed E-state index contributed by atoms with van der Waals surface area (Å²) in [5.74, 6) is -0.879. The lowest BCUT2D eigenvalue weighted by molar-refractivity contribution is -0.167. The molecule has 0 saturated heterocycles. The van der Waals surface area contributed by atoms with Crippen LogP contribution in [0.4, 0.5) is 0 Å². The Labute approximate surface area is 508 Å². The van der Waals surface area contributed by atoms with Crippen LogP contribution in [0.5, 0.6) is 0 Å². The van der Waals surface area contributed by atoms with Crippen LogP contribution in [0.15, 0.2) is 97.2 Å². The minimum atomic E-state index is -0.782. The molecule has 0 N–H and O–H groups in total. The summed E-state index contributed by atoms with van der Waals surface area (Å²) < 4.78 is 16.9. The summed E-state index contributed by atoms with van der Waals surface area (Å²) in [7, 11) is 0. The van der Waals surface area contributed by atoms with E-state index in [1.165, 1.54) is 199 Å². The maximum Gasteiger partial charge on any atom is 0.306 e. The summed E-state index contributed by atoms with van der Waals surface area (Å²) in [6, 6.07) is 0. The van der Waals surface area contributed by atoms with Crippen molar-refractivity contribution in [2.24, 2.45) is 0 Å². The van der Waals surface area contributed by atoms with E-state index in [4.69, 9.17) is 14.2 Å². The van der Waals surface area contributed by atoms with E-state index in [1.54, 1.807) is 0 Å². The third-order valence-corrected chi connectivity index (χ3v) is 15.3. The Balaban J connectivity index is 4.13. The lowest BCUT2D eigenvalue weighted by Gasteiger charge is -2.18. The molecule has 0 fully saturated rings. The van der Waals surface area contributed by atoms with Gasteiger partial charge in [0.1, 0.15) is 13.2 Å². The molecule has 82 heavy (non-hydrogen) atoms. The third-order valence-electron chi connectivity index (χ3n) is 15.3. The van der Waals surface area contributed by atoms with Gasteiger partial charge in [0.2, 0.25) is 0 Å². The van der Waals surface area contributed by atoms with Gasteiger partial charge in [-0.15, -0.1) is 0 Å². The number of rotatable bonds is 64. The van der Waals surface area contributed by atoms with Crippen molar-refractivity contribution in [3.05, 3.63) is 97.2 Å². The molecule has 1 atom stereocenters. The maximum absolute atomic E-state index is 12.9. The average molecular weight is 1140 g/mol. The first-order valence-electron chi connectivity index (χ1n) is 35.2. The Morgan fingerprint density at radius 2 is 0.500 bits per heavy atom. The Kier molecular flexibility index (Phi) is 66.7. The van der Waals surface area contributed by atoms with E-state index in [9.17, 15) is 14.4 Å². The quantitative estimate of drug-likeness (QED) is 0.0261. The second-order valence-corrected chi connectivity index (χ2v) is 23.4. The Morgan fingerprint density at radius 3 is 0.805 bits per heavy atom. The molecule has 472 valence electrons. The van der Waals surface area contributed by atoms with Crippen molar-refractivity contribution >= 4 is 17.9 Å². The average Bonchev–Trinajstić information content (AvgIpc) is 3.48. The molecular weight excluding hydrogens is 1010 g/mol. The predicted molar refractivity (Wildman–Crippen MR) is 357 cm³/mol. The molecule has 0 heterocycles. The van der Waals surface area contributed by atoms with Crippen molar-refractivity contribution in [2.45, 2.75) is 354 Å². The number of carbonyl (C=O) groups is 3. The van der Waals surface area contributed by atoms with Crippen LogP contribution < -0.4 is 0 Å². The molecule has 0 aliphatic carbocycles. The number of hydrogen-bond acceptors (Lipinski definition) is 6. The fourth-order valence-corrected chi connectivity index (χ4v) is 10.0. The first-order valence-corrected chi connectivity index (χ1v) is 35.2. The van der Waals surface area contributed by atoms with Crippen molar-refractivity contribution in [3.63, 3.8) is 0 Å². The molecule has 0 aromatic rings. The van der Waals surface area contributed by atoms with Crippen molar-refractivity contribution in [2.75, 3.05) is 13.2 Å². The molecule has 6 heteroatoms. The first kappa shape index (κ1) is 78.3. The Morgan fingerprint density at radius 1 is 0.256 bits per heavy atom. The third kappa shape index (κ3) is 67.1. The highest BCUT2D eigenvalue weighted by Crippen LogP contribution is 2.17. The van der Waals surface area contributed by atoms with Crippen LogP contribution in [0.3, 0.4) is 0 Å². The molecule has 0 amide bonds. The van der Waals surface area contributed by atoms with Crippen LogP contribution in [0.2, 0.25) is 0 Å². The minimum absolute atomic E-state index is 0.0784. The van der Waals surface area contributed by atoms with Gasteiger partial charge in [0.15, 0.2) is 6.10 Å². The summed E-state index contributed by atoms with van der Waals surface area (Å²) in [5.41, 5.74) is 0. The number of hydrogen-bond donors (Lipinski definition) is 0. The lowest BCUT2D eigenvalue weighted by Crippen LogP contribution is -2.30. The molecule has 0 aliphatic rings. The number of esters is 3. The van der Waals surface area contributed by atoms with E-state index >= 15 is 0 Å². The van der Waals surface area contributed by atoms with Gasteiger partial charge in [-0.2, -0.15) is 0 Å². The zero-order chi connectivity index (χ0) is 59.2. The molecule has 0 rings (SSSR count). The number of ether oxygens (including phenoxy) is 3. The normalized spacial score (nSPS) is 12.7. The predicted octanol–water partition coefficient (Wildman–Crippen LogP) is 24.4. The van der Waals surface area contributed by atoms with Gasteiger partial charge in [-0.25, -0.2) is 0 Å². The topological polar surface area (TPSA) is 78.9 Å². The Bertz CT molecular complexity index is 1590. The molecule has 0 spiro atoms. The molecule has 6 nitrogen and oxygen atoms in total. The van der Waals surface area contributed by atoms with E-state index in [2.05, 4.69) is 118 Å². The molecular formula is C76H132O6. The van der Waals surface area contributed by atoms with Gasteiger partial charge in [0, 0.05) is 19.3 Å². The van der Waals surface area contributed by atoms with Gasteiger partial charge in [0.25, 0.3) is 0 Å². The number of carbonyl (C=O) groups excluding carboxylic acids is 3. The first-order chi connectivity index (χ1) is 40.5. The molecule has 0 aromatic carbocycles. The highest BCUT2D eigenvalue weighted by atomic mass is 16.6. The second-order valence-electron chi connectivity index (χ2n) is 23.4. The monoisotopic (exact) mass is 1140 g/mol. The molecule has 0 aliphatic heterocycles. The van der Waals surface area contributed by atoms with Crippen molar-refractivity contribution < 1.29 is 28.6 Å². The summed E-state index contributed by atoms with van der Waals surface area (Å²) >= 11 is 0. The fourth-order valence-electron chi connectivity index (χ4n) is 10.0. The van der Waals surface area contributed by atoms with Crippen molar-refractivity contribution in [3.8, 4) is 0 Å². The summed E-state index contributed by atoms with van der Waals surface area (Å²) in [6.07, 6.45) is 94.5. The lowest BCUT2D eigenvalue weighted by atomic mass is 10.0. The van der Waals surface area contributed by atoms with Crippen LogP contribution in [0, 0.1) is 0 Å². The molecule has 0 bridgehead atoms. The van der Waals surface area contributed by atoms with E-state index < -0.39 is 6.10 Å². The number of allylic oxidation sites excluding steroid dienone is 16. The molecule has 0 saturated carbocycles. The fraction of sp³-hybridized carbons (Fsp3) is 0.750. The van der Waals surface area contributed by atoms with Crippen molar-refractivity contribution in [1.29, 1.82) is 0 Å². The van der Waals surface area contributed by atoms with Gasteiger partial charge in [-0.1, -0.05) is 311 Å². The summed E-state index contributed by atoms with van der Waals surface area (Å²) in [4.78, 5) is 38.3. The molecule has 1 unspecified atom stereocenters. The van der Waals surface area contributed by atoms with E-state index in [0.717, 1.165) is 109 Å². The Hall–Kier alpha value is -3.67. The molecule has 0 aromatic heterocycles.